The summed E-state index contributed by atoms with van der Waals surface area (Å²) in [5.41, 5.74) is 5.57. The number of aromatic amines is 1. The van der Waals surface area contributed by atoms with Gasteiger partial charge in [-0.2, -0.15) is 5.10 Å². The summed E-state index contributed by atoms with van der Waals surface area (Å²) in [4.78, 5) is 20.1. The van der Waals surface area contributed by atoms with Crippen LogP contribution in [-0.4, -0.2) is 32.4 Å². The number of aryl methyl sites for hydroxylation is 1. The first-order valence-corrected chi connectivity index (χ1v) is 14.1. The van der Waals surface area contributed by atoms with Gasteiger partial charge in [-0.05, 0) is 53.8 Å². The van der Waals surface area contributed by atoms with Gasteiger partial charge in [0.05, 0.1) is 41.5 Å². The van der Waals surface area contributed by atoms with Crippen molar-refractivity contribution < 1.29 is 9.53 Å². The molecule has 2 N–H and O–H groups in total. The van der Waals surface area contributed by atoms with Crippen LogP contribution >= 0.6 is 0 Å². The molecule has 42 heavy (non-hydrogen) atoms. The number of H-pyrrole nitrogens is 1. The van der Waals surface area contributed by atoms with Crippen LogP contribution in [0.15, 0.2) is 97.5 Å². The molecule has 0 aliphatic carbocycles. The van der Waals surface area contributed by atoms with Crippen LogP contribution in [0.25, 0.3) is 21.8 Å². The number of urea groups is 1. The monoisotopic (exact) mass is 558 g/mol. The Morgan fingerprint density at radius 2 is 1.76 bits per heavy atom. The van der Waals surface area contributed by atoms with Gasteiger partial charge in [0, 0.05) is 16.8 Å². The minimum atomic E-state index is -0.292. The summed E-state index contributed by atoms with van der Waals surface area (Å²) < 4.78 is 8.34. The number of fused-ring (bicyclic) bond motifs is 2. The Kier molecular flexibility index (Phi) is 7.12. The number of nitrogens with one attached hydrogen (secondary N) is 2. The molecular weight excluding hydrogens is 524 g/mol. The number of carbonyl (C=O) groups is 1. The van der Waals surface area contributed by atoms with Crippen molar-refractivity contribution >= 4 is 45.0 Å². The molecule has 2 aromatic heterocycles. The fourth-order valence-electron chi connectivity index (χ4n) is 5.16. The smallest absolute Gasteiger partial charge is 0.332 e. The Bertz CT molecular complexity index is 1870. The number of nitrogens with zero attached hydrogens (tertiary/aromatic N) is 4. The van der Waals surface area contributed by atoms with E-state index in [1.54, 1.807) is 17.2 Å². The van der Waals surface area contributed by atoms with Crippen molar-refractivity contribution in [1.29, 1.82) is 0 Å². The van der Waals surface area contributed by atoms with E-state index in [4.69, 9.17) is 4.74 Å². The molecular formula is C34H34N6O2. The van der Waals surface area contributed by atoms with Gasteiger partial charge in [-0.25, -0.2) is 14.7 Å². The molecule has 0 bridgehead atoms. The summed E-state index contributed by atoms with van der Waals surface area (Å²) in [5.74, 6) is 1.34. The molecule has 4 aromatic carbocycles. The van der Waals surface area contributed by atoms with Crippen molar-refractivity contribution in [3.8, 4) is 5.75 Å². The molecule has 0 aliphatic heterocycles. The summed E-state index contributed by atoms with van der Waals surface area (Å²) in [6, 6.07) is 27.6. The molecule has 8 heteroatoms. The number of anilines is 3. The van der Waals surface area contributed by atoms with E-state index in [0.717, 1.165) is 44.4 Å². The van der Waals surface area contributed by atoms with Crippen LogP contribution < -0.4 is 15.0 Å². The standard InChI is InChI=1S/C34H34N6O2/c1-23-13-14-24(34(2,3)4)21-30(23)40(32-17-18-36-38-32)33(41)37-27-15-16-31(26-10-6-5-9-25(26)27)42-20-19-39-22-35-28-11-7-8-12-29(28)39/h5-18,21-22H,19-20H2,1-4H3,(H,36,38)(H,37,41). The number of para-hydroxylation sites is 2. The van der Waals surface area contributed by atoms with Gasteiger partial charge in [-0.3, -0.25) is 5.10 Å². The first kappa shape index (κ1) is 27.1. The van der Waals surface area contributed by atoms with E-state index in [1.165, 1.54) is 0 Å². The van der Waals surface area contributed by atoms with Crippen LogP contribution in [0.1, 0.15) is 31.9 Å². The molecule has 0 radical (unpaired) electrons. The van der Waals surface area contributed by atoms with Gasteiger partial charge in [0.15, 0.2) is 0 Å². The summed E-state index contributed by atoms with van der Waals surface area (Å²) in [6.45, 7) is 9.64. The first-order valence-electron chi connectivity index (χ1n) is 14.1. The molecule has 6 rings (SSSR count). The van der Waals surface area contributed by atoms with Gasteiger partial charge >= 0.3 is 6.03 Å². The van der Waals surface area contributed by atoms with Crippen molar-refractivity contribution in [1.82, 2.24) is 19.7 Å². The van der Waals surface area contributed by atoms with Gasteiger partial charge < -0.3 is 14.6 Å². The van der Waals surface area contributed by atoms with E-state index < -0.39 is 0 Å². The predicted octanol–water partition coefficient (Wildman–Crippen LogP) is 7.97. The van der Waals surface area contributed by atoms with Gasteiger partial charge in [-0.15, -0.1) is 0 Å². The Hall–Kier alpha value is -5.11. The van der Waals surface area contributed by atoms with Crippen LogP contribution in [0.4, 0.5) is 22.0 Å². The second kappa shape index (κ2) is 11.0. The van der Waals surface area contributed by atoms with Crippen molar-refractivity contribution in [3.63, 3.8) is 0 Å². The number of rotatable bonds is 7. The van der Waals surface area contributed by atoms with Gasteiger partial charge in [-0.1, -0.05) is 69.3 Å². The number of hydrogen-bond donors (Lipinski definition) is 2. The number of amides is 2. The van der Waals surface area contributed by atoms with Crippen molar-refractivity contribution in [2.45, 2.75) is 39.7 Å². The maximum atomic E-state index is 14.0. The topological polar surface area (TPSA) is 88.1 Å². The molecule has 0 saturated heterocycles. The quantitative estimate of drug-likeness (QED) is 0.208. The molecule has 0 fully saturated rings. The van der Waals surface area contributed by atoms with Gasteiger partial charge in [0.2, 0.25) is 0 Å². The second-order valence-electron chi connectivity index (χ2n) is 11.4. The van der Waals surface area contributed by atoms with Gasteiger partial charge in [0.25, 0.3) is 0 Å². The minimum Gasteiger partial charge on any atom is -0.491 e. The highest BCUT2D eigenvalue weighted by atomic mass is 16.5. The third kappa shape index (κ3) is 5.31. The molecule has 212 valence electrons. The fourth-order valence-corrected chi connectivity index (χ4v) is 5.16. The summed E-state index contributed by atoms with van der Waals surface area (Å²) >= 11 is 0. The van der Waals surface area contributed by atoms with E-state index in [2.05, 4.69) is 70.1 Å². The van der Waals surface area contributed by atoms with Crippen LogP contribution in [0, 0.1) is 6.92 Å². The van der Waals surface area contributed by atoms with Crippen LogP contribution in [0.3, 0.4) is 0 Å². The average Bonchev–Trinajstić information content (AvgIpc) is 3.65. The van der Waals surface area contributed by atoms with Crippen molar-refractivity contribution in [2.75, 3.05) is 16.8 Å². The lowest BCUT2D eigenvalue weighted by Gasteiger charge is -2.27. The van der Waals surface area contributed by atoms with E-state index in [-0.39, 0.29) is 11.4 Å². The zero-order chi connectivity index (χ0) is 29.3. The number of hydrogen-bond acceptors (Lipinski definition) is 4. The van der Waals surface area contributed by atoms with Crippen LogP contribution in [-0.2, 0) is 12.0 Å². The first-order chi connectivity index (χ1) is 20.3. The van der Waals surface area contributed by atoms with E-state index in [0.29, 0.717) is 24.7 Å². The lowest BCUT2D eigenvalue weighted by Crippen LogP contribution is -2.32. The minimum absolute atomic E-state index is 0.0738. The molecule has 6 aromatic rings. The van der Waals surface area contributed by atoms with E-state index >= 15 is 0 Å². The lowest BCUT2D eigenvalue weighted by molar-refractivity contribution is 0.259. The fraction of sp³-hybridized carbons (Fsp3) is 0.206. The number of imidazole rings is 1. The molecule has 2 heterocycles. The molecule has 0 saturated carbocycles. The third-order valence-electron chi connectivity index (χ3n) is 7.49. The summed E-state index contributed by atoms with van der Waals surface area (Å²) in [5, 5.41) is 12.0. The highest BCUT2D eigenvalue weighted by Gasteiger charge is 2.24. The van der Waals surface area contributed by atoms with Crippen molar-refractivity contribution in [2.24, 2.45) is 0 Å². The van der Waals surface area contributed by atoms with Crippen LogP contribution in [0.5, 0.6) is 5.75 Å². The number of benzene rings is 4. The van der Waals surface area contributed by atoms with Gasteiger partial charge in [0.1, 0.15) is 18.2 Å². The predicted molar refractivity (Wildman–Crippen MR) is 169 cm³/mol. The maximum absolute atomic E-state index is 14.0. The molecule has 0 spiro atoms. The molecule has 0 atom stereocenters. The summed E-state index contributed by atoms with van der Waals surface area (Å²) in [6.07, 6.45) is 3.49. The number of ether oxygens (including phenoxy) is 1. The maximum Gasteiger partial charge on any atom is 0.332 e. The zero-order valence-electron chi connectivity index (χ0n) is 24.3. The number of carbonyl (C=O) groups excluding carboxylic acids is 1. The van der Waals surface area contributed by atoms with Crippen LogP contribution in [0.2, 0.25) is 0 Å². The summed E-state index contributed by atoms with van der Waals surface area (Å²) in [7, 11) is 0. The Balaban J connectivity index is 1.27. The second-order valence-corrected chi connectivity index (χ2v) is 11.4. The number of aromatic nitrogens is 4. The molecule has 0 unspecified atom stereocenters. The molecule has 2 amide bonds. The molecule has 0 aliphatic rings. The largest absolute Gasteiger partial charge is 0.491 e. The Morgan fingerprint density at radius 1 is 0.976 bits per heavy atom. The lowest BCUT2D eigenvalue weighted by atomic mass is 9.86. The van der Waals surface area contributed by atoms with E-state index in [9.17, 15) is 4.79 Å². The van der Waals surface area contributed by atoms with E-state index in [1.807, 2.05) is 67.8 Å². The third-order valence-corrected chi connectivity index (χ3v) is 7.49. The average molecular weight is 559 g/mol. The molecule has 8 nitrogen and oxygen atoms in total. The van der Waals surface area contributed by atoms with Crippen molar-refractivity contribution in [3.05, 3.63) is 109 Å². The highest BCUT2D eigenvalue weighted by Crippen LogP contribution is 2.35. The highest BCUT2D eigenvalue weighted by molar-refractivity contribution is 6.11. The SMILES string of the molecule is Cc1ccc(C(C)(C)C)cc1N(C(=O)Nc1ccc(OCCn2cnc3ccccc32)c2ccccc12)c1ccn[nH]1. The zero-order valence-corrected chi connectivity index (χ0v) is 24.3. The Labute approximate surface area is 245 Å². The normalized spacial score (nSPS) is 11.6. The Morgan fingerprint density at radius 3 is 2.55 bits per heavy atom.